The summed E-state index contributed by atoms with van der Waals surface area (Å²) < 4.78 is 11.7. The Bertz CT molecular complexity index is 2010. The average Bonchev–Trinajstić information content (AvgIpc) is 3.48. The molecule has 8 heteroatoms. The van der Waals surface area contributed by atoms with Crippen molar-refractivity contribution in [3.63, 3.8) is 0 Å². The smallest absolute Gasteiger partial charge is 0.257 e. The maximum atomic E-state index is 13.6. The molecule has 1 aliphatic rings. The molecule has 0 saturated heterocycles. The third-order valence-corrected chi connectivity index (χ3v) is 8.19. The molecule has 0 atom stereocenters. The summed E-state index contributed by atoms with van der Waals surface area (Å²) in [6.07, 6.45) is 8.63. The monoisotopic (exact) mass is 598 g/mol. The van der Waals surface area contributed by atoms with Gasteiger partial charge in [0.25, 0.3) is 17.7 Å². The Labute approximate surface area is 261 Å². The van der Waals surface area contributed by atoms with Crippen LogP contribution in [0.4, 0.5) is 0 Å². The van der Waals surface area contributed by atoms with Crippen LogP contribution in [0.25, 0.3) is 39.0 Å². The number of fused-ring (bicyclic) bond motifs is 1. The van der Waals surface area contributed by atoms with E-state index in [0.29, 0.717) is 52.4 Å². The molecule has 2 heterocycles. The molecular formula is C37H34N4O4. The molecule has 0 bridgehead atoms. The van der Waals surface area contributed by atoms with Gasteiger partial charge < -0.3 is 19.6 Å². The normalized spacial score (nSPS) is 14.1. The van der Waals surface area contributed by atoms with Crippen molar-refractivity contribution in [2.45, 2.75) is 39.2 Å². The maximum absolute atomic E-state index is 13.6. The van der Waals surface area contributed by atoms with Crippen molar-refractivity contribution in [3.8, 4) is 22.5 Å². The van der Waals surface area contributed by atoms with Crippen LogP contribution < -0.4 is 10.6 Å². The lowest BCUT2D eigenvalue weighted by Crippen LogP contribution is -2.35. The van der Waals surface area contributed by atoms with E-state index in [-0.39, 0.29) is 11.8 Å². The van der Waals surface area contributed by atoms with Gasteiger partial charge >= 0.3 is 0 Å². The zero-order valence-corrected chi connectivity index (χ0v) is 25.7. The number of hydrogen-bond acceptors (Lipinski definition) is 6. The molecule has 6 rings (SSSR count). The summed E-state index contributed by atoms with van der Waals surface area (Å²) in [6, 6.07) is 19.3. The first kappa shape index (κ1) is 29.6. The standard InChI is InChI=1S/C37H34N4O4/c1-6-8-9-24(7-2)35-39-36(41-45-35)37(18-19-37)40-33(42)27-15-12-23(4)28(21-27)26-16-17-30-29(20-26)31(34(43)38-5)32(44-30)25-13-10-22(3)11-14-25/h6-17,20-21H,1,18-19H2,2-5H3,(H,38,43)(H,40,42). The van der Waals surface area contributed by atoms with Crippen molar-refractivity contribution in [1.82, 2.24) is 20.8 Å². The first-order chi connectivity index (χ1) is 21.8. The molecule has 0 aliphatic heterocycles. The molecule has 1 saturated carbocycles. The fourth-order valence-electron chi connectivity index (χ4n) is 5.41. The molecule has 1 aliphatic carbocycles. The van der Waals surface area contributed by atoms with E-state index in [1.807, 2.05) is 93.6 Å². The number of aryl methyl sites for hydroxylation is 2. The maximum Gasteiger partial charge on any atom is 0.257 e. The highest BCUT2D eigenvalue weighted by atomic mass is 16.5. The van der Waals surface area contributed by atoms with Gasteiger partial charge in [-0.3, -0.25) is 9.59 Å². The van der Waals surface area contributed by atoms with Crippen molar-refractivity contribution < 1.29 is 18.5 Å². The van der Waals surface area contributed by atoms with E-state index in [9.17, 15) is 9.59 Å². The quantitative estimate of drug-likeness (QED) is 0.168. The van der Waals surface area contributed by atoms with Crippen LogP contribution in [-0.4, -0.2) is 29.0 Å². The summed E-state index contributed by atoms with van der Waals surface area (Å²) in [7, 11) is 1.61. The van der Waals surface area contributed by atoms with Crippen LogP contribution in [0.15, 0.2) is 100 Å². The molecule has 0 radical (unpaired) electrons. The number of furan rings is 1. The van der Waals surface area contributed by atoms with Crippen LogP contribution in [0.2, 0.25) is 0 Å². The third kappa shape index (κ3) is 5.62. The largest absolute Gasteiger partial charge is 0.455 e. The van der Waals surface area contributed by atoms with Gasteiger partial charge in [0.1, 0.15) is 16.9 Å². The first-order valence-electron chi connectivity index (χ1n) is 14.9. The van der Waals surface area contributed by atoms with Crippen molar-refractivity contribution in [1.29, 1.82) is 0 Å². The number of benzene rings is 3. The molecule has 226 valence electrons. The summed E-state index contributed by atoms with van der Waals surface area (Å²) in [6.45, 7) is 9.60. The third-order valence-electron chi connectivity index (χ3n) is 8.19. The van der Waals surface area contributed by atoms with Gasteiger partial charge in [0.05, 0.1) is 5.56 Å². The fraction of sp³-hybridized carbons (Fsp3) is 0.189. The molecule has 8 nitrogen and oxygen atoms in total. The zero-order chi connectivity index (χ0) is 31.7. The van der Waals surface area contributed by atoms with Gasteiger partial charge in [-0.1, -0.05) is 71.9 Å². The van der Waals surface area contributed by atoms with Crippen molar-refractivity contribution in [2.75, 3.05) is 7.05 Å². The Morgan fingerprint density at radius 2 is 1.73 bits per heavy atom. The van der Waals surface area contributed by atoms with E-state index in [0.717, 1.165) is 33.4 Å². The highest BCUT2D eigenvalue weighted by molar-refractivity contribution is 6.12. The predicted molar refractivity (Wildman–Crippen MR) is 176 cm³/mol. The molecule has 45 heavy (non-hydrogen) atoms. The summed E-state index contributed by atoms with van der Waals surface area (Å²) >= 11 is 0. The van der Waals surface area contributed by atoms with Crippen LogP contribution in [0.5, 0.6) is 0 Å². The Balaban J connectivity index is 1.31. The van der Waals surface area contributed by atoms with Gasteiger partial charge in [-0.05, 0) is 80.6 Å². The lowest BCUT2D eigenvalue weighted by Gasteiger charge is -2.15. The minimum Gasteiger partial charge on any atom is -0.455 e. The molecule has 2 amide bonds. The van der Waals surface area contributed by atoms with E-state index in [1.54, 1.807) is 19.2 Å². The predicted octanol–water partition coefficient (Wildman–Crippen LogP) is 7.69. The van der Waals surface area contributed by atoms with Gasteiger partial charge in [0, 0.05) is 29.1 Å². The highest BCUT2D eigenvalue weighted by Crippen LogP contribution is 2.45. The molecule has 0 unspecified atom stereocenters. The zero-order valence-electron chi connectivity index (χ0n) is 25.7. The van der Waals surface area contributed by atoms with Gasteiger partial charge in [-0.15, -0.1) is 0 Å². The molecule has 5 aromatic rings. The minimum absolute atomic E-state index is 0.227. The van der Waals surface area contributed by atoms with Gasteiger partial charge in [-0.25, -0.2) is 0 Å². The number of nitrogens with one attached hydrogen (secondary N) is 2. The van der Waals surface area contributed by atoms with Crippen LogP contribution in [0.1, 0.15) is 63.3 Å². The van der Waals surface area contributed by atoms with E-state index in [4.69, 9.17) is 8.94 Å². The second-order valence-electron chi connectivity index (χ2n) is 11.3. The Kier molecular flexibility index (Phi) is 7.81. The number of aromatic nitrogens is 2. The van der Waals surface area contributed by atoms with E-state index in [1.165, 1.54) is 0 Å². The van der Waals surface area contributed by atoms with Gasteiger partial charge in [0.2, 0.25) is 0 Å². The van der Waals surface area contributed by atoms with Crippen LogP contribution >= 0.6 is 0 Å². The molecule has 3 aromatic carbocycles. The topological polar surface area (TPSA) is 110 Å². The highest BCUT2D eigenvalue weighted by Gasteiger charge is 2.50. The van der Waals surface area contributed by atoms with Gasteiger partial charge in [-0.2, -0.15) is 4.98 Å². The van der Waals surface area contributed by atoms with Crippen LogP contribution in [-0.2, 0) is 5.54 Å². The lowest BCUT2D eigenvalue weighted by molar-refractivity contribution is 0.0926. The van der Waals surface area contributed by atoms with E-state index >= 15 is 0 Å². The molecule has 1 fully saturated rings. The molecular weight excluding hydrogens is 564 g/mol. The number of nitrogens with zero attached hydrogens (tertiary/aromatic N) is 2. The second-order valence-corrected chi connectivity index (χ2v) is 11.3. The molecule has 2 aromatic heterocycles. The number of allylic oxidation sites excluding steroid dienone is 5. The number of carbonyl (C=O) groups is 2. The van der Waals surface area contributed by atoms with E-state index < -0.39 is 5.54 Å². The average molecular weight is 599 g/mol. The van der Waals surface area contributed by atoms with Crippen LogP contribution in [0, 0.1) is 13.8 Å². The minimum atomic E-state index is -0.671. The van der Waals surface area contributed by atoms with Crippen LogP contribution in [0.3, 0.4) is 0 Å². The second kappa shape index (κ2) is 11.9. The first-order valence-corrected chi connectivity index (χ1v) is 14.9. The SMILES string of the molecule is C=CC=CC(=CC)c1nc(C2(NC(=O)c3ccc(C)c(-c4ccc5oc(-c6ccc(C)cc6)c(C(=O)NC)c5c4)c3)CC2)no1. The number of hydrogen-bond donors (Lipinski definition) is 2. The Morgan fingerprint density at radius 1 is 0.978 bits per heavy atom. The number of rotatable bonds is 9. The molecule has 0 spiro atoms. The van der Waals surface area contributed by atoms with Crippen molar-refractivity contribution in [3.05, 3.63) is 126 Å². The van der Waals surface area contributed by atoms with E-state index in [2.05, 4.69) is 27.4 Å². The van der Waals surface area contributed by atoms with Gasteiger partial charge in [0.15, 0.2) is 5.82 Å². The summed E-state index contributed by atoms with van der Waals surface area (Å²) in [4.78, 5) is 31.3. The van der Waals surface area contributed by atoms with Crippen molar-refractivity contribution in [2.24, 2.45) is 0 Å². The molecule has 2 N–H and O–H groups in total. The fourth-order valence-corrected chi connectivity index (χ4v) is 5.41. The lowest BCUT2D eigenvalue weighted by atomic mass is 9.95. The summed E-state index contributed by atoms with van der Waals surface area (Å²) in [5.41, 5.74) is 6.37. The Hall–Kier alpha value is -5.50. The summed E-state index contributed by atoms with van der Waals surface area (Å²) in [5, 5.41) is 10.8. The van der Waals surface area contributed by atoms with Crippen molar-refractivity contribution >= 4 is 28.4 Å². The Morgan fingerprint density at radius 3 is 2.42 bits per heavy atom. The number of amides is 2. The summed E-state index contributed by atoms with van der Waals surface area (Å²) in [5.74, 6) is 0.907. The number of carbonyl (C=O) groups excluding carboxylic acids is 2.